The minimum absolute atomic E-state index is 0.110. The van der Waals surface area contributed by atoms with Gasteiger partial charge in [-0.05, 0) is 37.0 Å². The Morgan fingerprint density at radius 3 is 3.16 bits per heavy atom. The highest BCUT2D eigenvalue weighted by Gasteiger charge is 2.16. The SMILES string of the molecule is CC(=O)Nc1cc(-c2cnn3c2CCCC3)ccn1. The smallest absolute Gasteiger partial charge is 0.222 e. The molecule has 1 amide bonds. The lowest BCUT2D eigenvalue weighted by atomic mass is 10.0. The summed E-state index contributed by atoms with van der Waals surface area (Å²) < 4.78 is 2.08. The van der Waals surface area contributed by atoms with Crippen molar-refractivity contribution in [3.63, 3.8) is 0 Å². The number of hydrogen-bond acceptors (Lipinski definition) is 3. The van der Waals surface area contributed by atoms with Crippen molar-refractivity contribution in [2.45, 2.75) is 32.7 Å². The normalized spacial score (nSPS) is 13.9. The molecule has 0 saturated carbocycles. The minimum atomic E-state index is -0.110. The van der Waals surface area contributed by atoms with Gasteiger partial charge in [-0.25, -0.2) is 4.98 Å². The molecule has 1 aliphatic heterocycles. The Labute approximate surface area is 111 Å². The van der Waals surface area contributed by atoms with E-state index in [9.17, 15) is 4.79 Å². The van der Waals surface area contributed by atoms with Gasteiger partial charge in [-0.15, -0.1) is 0 Å². The monoisotopic (exact) mass is 256 g/mol. The van der Waals surface area contributed by atoms with Crippen molar-refractivity contribution < 1.29 is 4.79 Å². The minimum Gasteiger partial charge on any atom is -0.311 e. The molecule has 19 heavy (non-hydrogen) atoms. The largest absolute Gasteiger partial charge is 0.311 e. The van der Waals surface area contributed by atoms with Crippen LogP contribution in [0.1, 0.15) is 25.5 Å². The number of amides is 1. The number of rotatable bonds is 2. The van der Waals surface area contributed by atoms with Crippen LogP contribution in [0.2, 0.25) is 0 Å². The first-order valence-electron chi connectivity index (χ1n) is 6.53. The Morgan fingerprint density at radius 2 is 2.32 bits per heavy atom. The molecule has 0 bridgehead atoms. The van der Waals surface area contributed by atoms with E-state index in [1.54, 1.807) is 6.20 Å². The Morgan fingerprint density at radius 1 is 1.42 bits per heavy atom. The van der Waals surface area contributed by atoms with E-state index in [4.69, 9.17) is 0 Å². The number of nitrogens with zero attached hydrogens (tertiary/aromatic N) is 3. The fraction of sp³-hybridized carbons (Fsp3) is 0.357. The summed E-state index contributed by atoms with van der Waals surface area (Å²) in [5.74, 6) is 0.474. The number of carbonyl (C=O) groups excluding carboxylic acids is 1. The van der Waals surface area contributed by atoms with Crippen molar-refractivity contribution in [2.75, 3.05) is 5.32 Å². The molecule has 98 valence electrons. The van der Waals surface area contributed by atoms with Crippen LogP contribution in [0, 0.1) is 0 Å². The van der Waals surface area contributed by atoms with E-state index in [0.717, 1.165) is 24.1 Å². The molecule has 0 spiro atoms. The van der Waals surface area contributed by atoms with Crippen molar-refractivity contribution in [3.05, 3.63) is 30.2 Å². The number of fused-ring (bicyclic) bond motifs is 1. The molecule has 2 aromatic heterocycles. The predicted octanol–water partition coefficient (Wildman–Crippen LogP) is 2.24. The van der Waals surface area contributed by atoms with E-state index in [1.807, 2.05) is 18.3 Å². The van der Waals surface area contributed by atoms with Gasteiger partial charge in [0, 0.05) is 30.9 Å². The van der Waals surface area contributed by atoms with Gasteiger partial charge < -0.3 is 5.32 Å². The van der Waals surface area contributed by atoms with Crippen LogP contribution in [-0.2, 0) is 17.8 Å². The van der Waals surface area contributed by atoms with Crippen LogP contribution in [0.4, 0.5) is 5.82 Å². The number of aromatic nitrogens is 3. The van der Waals surface area contributed by atoms with Crippen molar-refractivity contribution >= 4 is 11.7 Å². The molecule has 3 rings (SSSR count). The standard InChI is InChI=1S/C14H16N4O/c1-10(19)17-14-8-11(5-6-15-14)12-9-16-18-7-3-2-4-13(12)18/h5-6,8-9H,2-4,7H2,1H3,(H,15,17,19). The summed E-state index contributed by atoms with van der Waals surface area (Å²) >= 11 is 0. The first kappa shape index (κ1) is 11.9. The number of anilines is 1. The van der Waals surface area contributed by atoms with Gasteiger partial charge in [-0.1, -0.05) is 0 Å². The number of hydrogen-bond donors (Lipinski definition) is 1. The van der Waals surface area contributed by atoms with Gasteiger partial charge in [0.1, 0.15) is 5.82 Å². The van der Waals surface area contributed by atoms with Gasteiger partial charge in [-0.3, -0.25) is 9.48 Å². The zero-order chi connectivity index (χ0) is 13.2. The van der Waals surface area contributed by atoms with Crippen LogP contribution in [0.25, 0.3) is 11.1 Å². The summed E-state index contributed by atoms with van der Waals surface area (Å²) in [6.45, 7) is 2.48. The number of pyridine rings is 1. The lowest BCUT2D eigenvalue weighted by Crippen LogP contribution is -2.11. The molecule has 1 aliphatic rings. The Balaban J connectivity index is 1.97. The summed E-state index contributed by atoms with van der Waals surface area (Å²) in [5, 5.41) is 7.14. The van der Waals surface area contributed by atoms with Crippen molar-refractivity contribution in [1.82, 2.24) is 14.8 Å². The third-order valence-electron chi connectivity index (χ3n) is 3.36. The van der Waals surface area contributed by atoms with Crippen LogP contribution in [0.3, 0.4) is 0 Å². The molecule has 0 radical (unpaired) electrons. The molecule has 0 atom stereocenters. The molecule has 5 heteroatoms. The van der Waals surface area contributed by atoms with E-state index < -0.39 is 0 Å². The van der Waals surface area contributed by atoms with Gasteiger partial charge in [-0.2, -0.15) is 5.10 Å². The maximum absolute atomic E-state index is 11.1. The second kappa shape index (κ2) is 4.84. The van der Waals surface area contributed by atoms with Crippen molar-refractivity contribution in [3.8, 4) is 11.1 Å². The molecular weight excluding hydrogens is 240 g/mol. The zero-order valence-electron chi connectivity index (χ0n) is 10.9. The number of aryl methyl sites for hydroxylation is 1. The van der Waals surface area contributed by atoms with Crippen molar-refractivity contribution in [1.29, 1.82) is 0 Å². The average Bonchev–Trinajstić information content (AvgIpc) is 2.82. The summed E-state index contributed by atoms with van der Waals surface area (Å²) in [7, 11) is 0. The number of carbonyl (C=O) groups is 1. The molecule has 0 fully saturated rings. The molecule has 0 aliphatic carbocycles. The van der Waals surface area contributed by atoms with Gasteiger partial charge in [0.05, 0.1) is 6.20 Å². The van der Waals surface area contributed by atoms with E-state index >= 15 is 0 Å². The van der Waals surface area contributed by atoms with E-state index in [2.05, 4.69) is 20.1 Å². The summed E-state index contributed by atoms with van der Waals surface area (Å²) in [5.41, 5.74) is 3.49. The summed E-state index contributed by atoms with van der Waals surface area (Å²) in [4.78, 5) is 15.2. The van der Waals surface area contributed by atoms with Gasteiger partial charge in [0.25, 0.3) is 0 Å². The van der Waals surface area contributed by atoms with E-state index in [1.165, 1.54) is 25.5 Å². The van der Waals surface area contributed by atoms with Gasteiger partial charge >= 0.3 is 0 Å². The second-order valence-electron chi connectivity index (χ2n) is 4.80. The predicted molar refractivity (Wildman–Crippen MR) is 72.7 cm³/mol. The van der Waals surface area contributed by atoms with Gasteiger partial charge in [0.15, 0.2) is 0 Å². The topological polar surface area (TPSA) is 59.8 Å². The molecule has 0 unspecified atom stereocenters. The molecular formula is C14H16N4O. The fourth-order valence-electron chi connectivity index (χ4n) is 2.51. The van der Waals surface area contributed by atoms with Crippen LogP contribution in [-0.4, -0.2) is 20.7 Å². The second-order valence-corrected chi connectivity index (χ2v) is 4.80. The lowest BCUT2D eigenvalue weighted by molar-refractivity contribution is -0.114. The highest BCUT2D eigenvalue weighted by atomic mass is 16.1. The Bertz CT molecular complexity index is 618. The van der Waals surface area contributed by atoms with E-state index in [0.29, 0.717) is 5.82 Å². The first-order chi connectivity index (χ1) is 9.24. The van der Waals surface area contributed by atoms with Crippen LogP contribution in [0.15, 0.2) is 24.5 Å². The Hall–Kier alpha value is -2.17. The first-order valence-corrected chi connectivity index (χ1v) is 6.53. The van der Waals surface area contributed by atoms with Crippen molar-refractivity contribution in [2.24, 2.45) is 0 Å². The van der Waals surface area contributed by atoms with Crippen LogP contribution < -0.4 is 5.32 Å². The maximum Gasteiger partial charge on any atom is 0.222 e. The zero-order valence-corrected chi connectivity index (χ0v) is 10.9. The van der Waals surface area contributed by atoms with Crippen LogP contribution in [0.5, 0.6) is 0 Å². The molecule has 3 heterocycles. The van der Waals surface area contributed by atoms with E-state index in [-0.39, 0.29) is 5.91 Å². The highest BCUT2D eigenvalue weighted by Crippen LogP contribution is 2.28. The molecule has 5 nitrogen and oxygen atoms in total. The fourth-order valence-corrected chi connectivity index (χ4v) is 2.51. The van der Waals surface area contributed by atoms with Gasteiger partial charge in [0.2, 0.25) is 5.91 Å². The molecule has 0 aromatic carbocycles. The summed E-state index contributed by atoms with van der Waals surface area (Å²) in [6.07, 6.45) is 7.10. The quantitative estimate of drug-likeness (QED) is 0.896. The molecule has 2 aromatic rings. The third kappa shape index (κ3) is 2.36. The third-order valence-corrected chi connectivity index (χ3v) is 3.36. The molecule has 0 saturated heterocycles. The maximum atomic E-state index is 11.1. The number of nitrogens with one attached hydrogen (secondary N) is 1. The summed E-state index contributed by atoms with van der Waals surface area (Å²) in [6, 6.07) is 3.85. The Kier molecular flexibility index (Phi) is 3.03. The molecule has 1 N–H and O–H groups in total. The highest BCUT2D eigenvalue weighted by molar-refractivity contribution is 5.88. The van der Waals surface area contributed by atoms with Crippen LogP contribution >= 0.6 is 0 Å². The lowest BCUT2D eigenvalue weighted by Gasteiger charge is -2.14. The average molecular weight is 256 g/mol.